The second-order valence-corrected chi connectivity index (χ2v) is 7.34. The molecule has 0 bridgehead atoms. The number of benzene rings is 1. The van der Waals surface area contributed by atoms with Crippen LogP contribution in [0.1, 0.15) is 23.6 Å². The molecule has 26 heavy (non-hydrogen) atoms. The molecule has 0 saturated carbocycles. The Bertz CT molecular complexity index is 1030. The molecule has 3 N–H and O–H groups in total. The van der Waals surface area contributed by atoms with Crippen molar-refractivity contribution in [3.8, 4) is 11.1 Å². The van der Waals surface area contributed by atoms with E-state index in [-0.39, 0.29) is 11.3 Å². The minimum atomic E-state index is -0.124. The van der Waals surface area contributed by atoms with E-state index in [9.17, 15) is 0 Å². The van der Waals surface area contributed by atoms with E-state index >= 15 is 0 Å². The zero-order chi connectivity index (χ0) is 18.1. The van der Waals surface area contributed by atoms with Gasteiger partial charge in [-0.25, -0.2) is 4.98 Å². The number of aromatic nitrogens is 2. The van der Waals surface area contributed by atoms with Crippen molar-refractivity contribution in [2.45, 2.75) is 19.5 Å². The van der Waals surface area contributed by atoms with Gasteiger partial charge in [-0.15, -0.1) is 11.3 Å². The van der Waals surface area contributed by atoms with Crippen LogP contribution in [0.2, 0.25) is 5.28 Å². The largest absolute Gasteiger partial charge is 0.467 e. The molecule has 1 atom stereocenters. The molecule has 4 rings (SSSR count). The number of rotatable bonds is 5. The number of nitrogens with one attached hydrogen (secondary N) is 1. The predicted octanol–water partition coefficient (Wildman–Crippen LogP) is 5.24. The number of thiophene rings is 1. The van der Waals surface area contributed by atoms with Gasteiger partial charge in [0.05, 0.1) is 23.0 Å². The first kappa shape index (κ1) is 17.0. The lowest BCUT2D eigenvalue weighted by Gasteiger charge is -2.08. The zero-order valence-electron chi connectivity index (χ0n) is 14.1. The van der Waals surface area contributed by atoms with Crippen LogP contribution in [0, 0.1) is 0 Å². The topological polar surface area (TPSA) is 77.0 Å². The monoisotopic (exact) mass is 384 g/mol. The fourth-order valence-electron chi connectivity index (χ4n) is 2.88. The van der Waals surface area contributed by atoms with Gasteiger partial charge >= 0.3 is 0 Å². The third-order valence-electron chi connectivity index (χ3n) is 4.02. The van der Waals surface area contributed by atoms with Crippen LogP contribution in [0.5, 0.6) is 0 Å². The Morgan fingerprint density at radius 1 is 1.19 bits per heavy atom. The summed E-state index contributed by atoms with van der Waals surface area (Å²) in [5.74, 6) is 1.51. The maximum absolute atomic E-state index is 6.25. The maximum atomic E-state index is 6.25. The smallest absolute Gasteiger partial charge is 0.224 e. The van der Waals surface area contributed by atoms with Crippen molar-refractivity contribution >= 4 is 39.0 Å². The average molecular weight is 385 g/mol. The van der Waals surface area contributed by atoms with Crippen LogP contribution in [0.25, 0.3) is 21.3 Å². The summed E-state index contributed by atoms with van der Waals surface area (Å²) >= 11 is 7.82. The summed E-state index contributed by atoms with van der Waals surface area (Å²) in [6.45, 7) is 2.49. The van der Waals surface area contributed by atoms with Crippen LogP contribution in [0.15, 0.2) is 53.1 Å². The van der Waals surface area contributed by atoms with Gasteiger partial charge in [0.1, 0.15) is 11.6 Å². The van der Waals surface area contributed by atoms with Gasteiger partial charge in [-0.1, -0.05) is 30.3 Å². The normalized spacial score (nSPS) is 12.4. The number of furan rings is 1. The van der Waals surface area contributed by atoms with Crippen LogP contribution in [0.3, 0.4) is 0 Å². The van der Waals surface area contributed by atoms with Gasteiger partial charge in [0.15, 0.2) is 0 Å². The zero-order valence-corrected chi connectivity index (χ0v) is 15.6. The molecule has 3 heterocycles. The van der Waals surface area contributed by atoms with Crippen LogP contribution in [-0.2, 0) is 6.54 Å². The van der Waals surface area contributed by atoms with E-state index in [2.05, 4.69) is 27.4 Å². The van der Waals surface area contributed by atoms with Crippen molar-refractivity contribution in [1.82, 2.24) is 9.97 Å². The molecule has 0 aliphatic heterocycles. The van der Waals surface area contributed by atoms with Crippen molar-refractivity contribution in [2.24, 2.45) is 5.73 Å². The standard InChI is InChI=1S/C19H17ClN4OS/c1-11(21)16-14(12-6-3-2-4-7-12)15-17(26-16)18(24-19(20)23-15)22-10-13-8-5-9-25-13/h2-9,11H,10,21H2,1H3,(H,22,23,24)/t11-/m0/s1. The SMILES string of the molecule is C[C@H](N)c1sc2c(NCc3ccco3)nc(Cl)nc2c1-c1ccccc1. The number of nitrogens with zero attached hydrogens (tertiary/aromatic N) is 2. The molecule has 0 saturated heterocycles. The van der Waals surface area contributed by atoms with E-state index in [4.69, 9.17) is 21.8 Å². The fourth-order valence-corrected chi connectivity index (χ4v) is 4.23. The third kappa shape index (κ3) is 3.19. The summed E-state index contributed by atoms with van der Waals surface area (Å²) < 4.78 is 6.32. The molecule has 7 heteroatoms. The number of anilines is 1. The van der Waals surface area contributed by atoms with Crippen molar-refractivity contribution < 1.29 is 4.42 Å². The third-order valence-corrected chi connectivity index (χ3v) is 5.58. The lowest BCUT2D eigenvalue weighted by Crippen LogP contribution is -2.04. The molecule has 132 valence electrons. The summed E-state index contributed by atoms with van der Waals surface area (Å²) in [5.41, 5.74) is 9.15. The van der Waals surface area contributed by atoms with Gasteiger partial charge in [-0.3, -0.25) is 0 Å². The van der Waals surface area contributed by atoms with Crippen LogP contribution < -0.4 is 11.1 Å². The Labute approximate surface area is 159 Å². The predicted molar refractivity (Wildman–Crippen MR) is 106 cm³/mol. The summed E-state index contributed by atoms with van der Waals surface area (Å²) in [6, 6.07) is 13.7. The second-order valence-electron chi connectivity index (χ2n) is 5.95. The van der Waals surface area contributed by atoms with Crippen molar-refractivity contribution in [3.05, 3.63) is 64.6 Å². The van der Waals surface area contributed by atoms with Crippen molar-refractivity contribution in [1.29, 1.82) is 0 Å². The molecule has 0 radical (unpaired) electrons. The minimum Gasteiger partial charge on any atom is -0.467 e. The molecular weight excluding hydrogens is 368 g/mol. The maximum Gasteiger partial charge on any atom is 0.224 e. The number of nitrogens with two attached hydrogens (primary N) is 1. The highest BCUT2D eigenvalue weighted by Gasteiger charge is 2.21. The number of fused-ring (bicyclic) bond motifs is 1. The van der Waals surface area contributed by atoms with Gasteiger partial charge in [-0.2, -0.15) is 4.98 Å². The first-order chi connectivity index (χ1) is 12.6. The van der Waals surface area contributed by atoms with Gasteiger partial charge in [0.2, 0.25) is 5.28 Å². The molecule has 1 aromatic carbocycles. The van der Waals surface area contributed by atoms with E-state index < -0.39 is 0 Å². The number of hydrogen-bond acceptors (Lipinski definition) is 6. The quantitative estimate of drug-likeness (QED) is 0.460. The molecule has 4 aromatic rings. The van der Waals surface area contributed by atoms with Gasteiger partial charge in [-0.05, 0) is 36.2 Å². The van der Waals surface area contributed by atoms with E-state index in [0.29, 0.717) is 12.4 Å². The summed E-state index contributed by atoms with van der Waals surface area (Å²) in [7, 11) is 0. The molecule has 0 aliphatic carbocycles. The molecular formula is C19H17ClN4OS. The van der Waals surface area contributed by atoms with Gasteiger partial charge in [0.25, 0.3) is 0 Å². The Balaban J connectivity index is 1.87. The molecule has 0 amide bonds. The van der Waals surface area contributed by atoms with E-state index in [1.165, 1.54) is 0 Å². The van der Waals surface area contributed by atoms with E-state index in [0.717, 1.165) is 32.0 Å². The Hall–Kier alpha value is -2.41. The average Bonchev–Trinajstić information content (AvgIpc) is 3.28. The van der Waals surface area contributed by atoms with Crippen molar-refractivity contribution in [2.75, 3.05) is 5.32 Å². The summed E-state index contributed by atoms with van der Waals surface area (Å²) in [6.07, 6.45) is 1.65. The first-order valence-electron chi connectivity index (χ1n) is 8.20. The van der Waals surface area contributed by atoms with Crippen LogP contribution >= 0.6 is 22.9 Å². The lowest BCUT2D eigenvalue weighted by atomic mass is 10.0. The molecule has 0 aliphatic rings. The molecule has 0 unspecified atom stereocenters. The summed E-state index contributed by atoms with van der Waals surface area (Å²) in [4.78, 5) is 9.94. The summed E-state index contributed by atoms with van der Waals surface area (Å²) in [5, 5.41) is 3.50. The minimum absolute atomic E-state index is 0.124. The highest BCUT2D eigenvalue weighted by atomic mass is 35.5. The fraction of sp³-hybridized carbons (Fsp3) is 0.158. The highest BCUT2D eigenvalue weighted by Crippen LogP contribution is 2.43. The van der Waals surface area contributed by atoms with Crippen LogP contribution in [0.4, 0.5) is 5.82 Å². The van der Waals surface area contributed by atoms with Gasteiger partial charge < -0.3 is 15.5 Å². The van der Waals surface area contributed by atoms with Crippen molar-refractivity contribution in [3.63, 3.8) is 0 Å². The Morgan fingerprint density at radius 3 is 2.69 bits per heavy atom. The molecule has 3 aromatic heterocycles. The molecule has 0 spiro atoms. The lowest BCUT2D eigenvalue weighted by molar-refractivity contribution is 0.518. The Kier molecular flexibility index (Phi) is 4.63. The molecule has 5 nitrogen and oxygen atoms in total. The molecule has 0 fully saturated rings. The van der Waals surface area contributed by atoms with E-state index in [1.807, 2.05) is 37.3 Å². The number of halogens is 1. The first-order valence-corrected chi connectivity index (χ1v) is 9.40. The van der Waals surface area contributed by atoms with Crippen LogP contribution in [-0.4, -0.2) is 9.97 Å². The second kappa shape index (κ2) is 7.07. The Morgan fingerprint density at radius 2 is 2.00 bits per heavy atom. The number of hydrogen-bond donors (Lipinski definition) is 2. The van der Waals surface area contributed by atoms with E-state index in [1.54, 1.807) is 17.6 Å². The van der Waals surface area contributed by atoms with Gasteiger partial charge in [0, 0.05) is 16.5 Å². The highest BCUT2D eigenvalue weighted by molar-refractivity contribution is 7.20.